The molecule has 0 amide bonds. The first kappa shape index (κ1) is 8.80. The van der Waals surface area contributed by atoms with Crippen LogP contribution in [0.3, 0.4) is 0 Å². The van der Waals surface area contributed by atoms with Crippen molar-refractivity contribution in [1.82, 2.24) is 0 Å². The van der Waals surface area contributed by atoms with Gasteiger partial charge in [-0.15, -0.1) is 0 Å². The third-order valence-corrected chi connectivity index (χ3v) is 2.82. The minimum atomic E-state index is -2.75. The van der Waals surface area contributed by atoms with Crippen molar-refractivity contribution in [2.45, 2.75) is 4.90 Å². The molecule has 1 aromatic rings. The third-order valence-electron chi connectivity index (χ3n) is 1.43. The van der Waals surface area contributed by atoms with Gasteiger partial charge in [0.2, 0.25) is 5.62 Å². The molecule has 0 saturated carbocycles. The van der Waals surface area contributed by atoms with Gasteiger partial charge in [-0.05, 0) is 30.1 Å². The van der Waals surface area contributed by atoms with Crippen LogP contribution in [-0.4, -0.2) is 15.7 Å². The first-order chi connectivity index (χ1) is 5.56. The predicted octanol–water partition coefficient (Wildman–Crippen LogP) is 0.534. The van der Waals surface area contributed by atoms with Crippen LogP contribution in [0.2, 0.25) is 0 Å². The monoisotopic (exact) mass is 183 g/mol. The molecule has 1 atom stereocenters. The second-order valence-corrected chi connectivity index (χ2v) is 4.51. The molecule has 12 heavy (non-hydrogen) atoms. The summed E-state index contributed by atoms with van der Waals surface area (Å²) in [6, 6.07) is 6.26. The average Bonchev–Trinajstić information content (AvgIpc) is 2.05. The number of carbonyl (C=O) groups is 1. The maximum atomic E-state index is 11.3. The summed E-state index contributed by atoms with van der Waals surface area (Å²) in [5.74, 6) is 3.31. The van der Waals surface area contributed by atoms with Crippen LogP contribution < -0.4 is 5.73 Å². The fourth-order valence-corrected chi connectivity index (χ4v) is 1.46. The molecule has 3 nitrogen and oxygen atoms in total. The van der Waals surface area contributed by atoms with Gasteiger partial charge >= 0.3 is 0 Å². The minimum absolute atomic E-state index is 0.360. The summed E-state index contributed by atoms with van der Waals surface area (Å²) >= 11 is 0. The van der Waals surface area contributed by atoms with Gasteiger partial charge in [0, 0.05) is 10.6 Å². The normalized spacial score (nSPS) is 15.0. The summed E-state index contributed by atoms with van der Waals surface area (Å²) in [5, 5.41) is 0. The molecule has 0 heterocycles. The van der Waals surface area contributed by atoms with Gasteiger partial charge in [0.25, 0.3) is 0 Å². The van der Waals surface area contributed by atoms with E-state index in [0.29, 0.717) is 16.2 Å². The van der Waals surface area contributed by atoms with Gasteiger partial charge in [-0.2, -0.15) is 0 Å². The number of anilines is 1. The second-order valence-electron chi connectivity index (χ2n) is 2.39. The first-order valence-electron chi connectivity index (χ1n) is 3.24. The fraction of sp³-hybridized carbons (Fsp3) is 0. The number of hydrogen-bond acceptors (Lipinski definition) is 3. The van der Waals surface area contributed by atoms with Crippen molar-refractivity contribution in [3.63, 3.8) is 0 Å². The highest BCUT2D eigenvalue weighted by atomic mass is 32.2. The molecule has 64 valence electrons. The molecule has 0 saturated heterocycles. The van der Waals surface area contributed by atoms with E-state index in [1.54, 1.807) is 24.3 Å². The van der Waals surface area contributed by atoms with Gasteiger partial charge in [-0.1, -0.05) is 0 Å². The Bertz CT molecular complexity index is 378. The van der Waals surface area contributed by atoms with E-state index < -0.39 is 9.52 Å². The second kappa shape index (κ2) is 2.98. The van der Waals surface area contributed by atoms with Crippen LogP contribution in [-0.2, 0) is 14.3 Å². The summed E-state index contributed by atoms with van der Waals surface area (Å²) in [6.45, 7) is 0. The SMILES string of the molecule is C=S(=O)(C=O)c1ccc(N)cc1. The highest BCUT2D eigenvalue weighted by Gasteiger charge is 2.03. The first-order valence-corrected chi connectivity index (χ1v) is 5.03. The predicted molar refractivity (Wildman–Crippen MR) is 51.1 cm³/mol. The van der Waals surface area contributed by atoms with Crippen molar-refractivity contribution in [3.8, 4) is 0 Å². The lowest BCUT2D eigenvalue weighted by Crippen LogP contribution is -2.00. The van der Waals surface area contributed by atoms with Crippen LogP contribution in [0.25, 0.3) is 0 Å². The summed E-state index contributed by atoms with van der Waals surface area (Å²) in [7, 11) is -2.75. The van der Waals surface area contributed by atoms with Gasteiger partial charge in [-0.25, -0.2) is 0 Å². The number of carbonyl (C=O) groups excluding carboxylic acids is 1. The van der Waals surface area contributed by atoms with Crippen molar-refractivity contribution < 1.29 is 9.00 Å². The van der Waals surface area contributed by atoms with Crippen molar-refractivity contribution in [1.29, 1.82) is 0 Å². The van der Waals surface area contributed by atoms with Crippen LogP contribution in [0.15, 0.2) is 29.2 Å². The molecule has 0 fully saturated rings. The molecule has 1 rings (SSSR count). The van der Waals surface area contributed by atoms with Crippen molar-refractivity contribution >= 4 is 26.7 Å². The maximum Gasteiger partial charge on any atom is 0.202 e. The zero-order valence-corrected chi connectivity index (χ0v) is 7.21. The number of nitrogen functional groups attached to an aromatic ring is 1. The van der Waals surface area contributed by atoms with E-state index in [2.05, 4.69) is 5.87 Å². The van der Waals surface area contributed by atoms with E-state index in [-0.39, 0.29) is 0 Å². The maximum absolute atomic E-state index is 11.3. The lowest BCUT2D eigenvalue weighted by molar-refractivity contribution is 0.566. The molecule has 2 N–H and O–H groups in total. The van der Waals surface area contributed by atoms with Crippen molar-refractivity contribution in [2.24, 2.45) is 0 Å². The molecule has 0 aliphatic rings. The Hall–Kier alpha value is -1.29. The average molecular weight is 183 g/mol. The number of rotatable bonds is 2. The Morgan fingerprint density at radius 2 is 1.83 bits per heavy atom. The smallest absolute Gasteiger partial charge is 0.202 e. The number of hydrogen-bond donors (Lipinski definition) is 1. The van der Waals surface area contributed by atoms with Crippen LogP contribution in [0, 0.1) is 0 Å². The molecule has 0 radical (unpaired) electrons. The van der Waals surface area contributed by atoms with Gasteiger partial charge in [-0.3, -0.25) is 9.00 Å². The summed E-state index contributed by atoms with van der Waals surface area (Å²) in [4.78, 5) is 10.8. The standard InChI is InChI=1S/C8H9NO2S/c1-12(11,6-10)8-4-2-7(9)3-5-8/h2-6H,1,9H2. The zero-order chi connectivity index (χ0) is 9.19. The third kappa shape index (κ3) is 1.65. The van der Waals surface area contributed by atoms with Gasteiger partial charge < -0.3 is 5.73 Å². The van der Waals surface area contributed by atoms with E-state index in [1.165, 1.54) is 0 Å². The van der Waals surface area contributed by atoms with Crippen LogP contribution in [0.5, 0.6) is 0 Å². The molecular formula is C8H9NO2S. The fourth-order valence-electron chi connectivity index (χ4n) is 0.754. The van der Waals surface area contributed by atoms with Crippen LogP contribution >= 0.6 is 0 Å². The summed E-state index contributed by atoms with van der Waals surface area (Å²) in [5.41, 5.74) is 6.34. The van der Waals surface area contributed by atoms with Gasteiger partial charge in [0.1, 0.15) is 0 Å². The quantitative estimate of drug-likeness (QED) is 0.413. The number of benzene rings is 1. The Morgan fingerprint density at radius 1 is 1.33 bits per heavy atom. The molecular weight excluding hydrogens is 174 g/mol. The van der Waals surface area contributed by atoms with Crippen molar-refractivity contribution in [2.75, 3.05) is 5.73 Å². The summed E-state index contributed by atoms with van der Waals surface area (Å²) < 4.78 is 11.3. The van der Waals surface area contributed by atoms with E-state index in [0.717, 1.165) is 0 Å². The highest BCUT2D eigenvalue weighted by Crippen LogP contribution is 2.11. The van der Waals surface area contributed by atoms with E-state index in [9.17, 15) is 9.00 Å². The zero-order valence-electron chi connectivity index (χ0n) is 6.40. The molecule has 0 aromatic heterocycles. The molecule has 0 spiro atoms. The summed E-state index contributed by atoms with van der Waals surface area (Å²) in [6.07, 6.45) is 0. The molecule has 0 bridgehead atoms. The molecule has 0 aliphatic heterocycles. The van der Waals surface area contributed by atoms with E-state index in [1.807, 2.05) is 0 Å². The van der Waals surface area contributed by atoms with E-state index >= 15 is 0 Å². The topological polar surface area (TPSA) is 60.2 Å². The lowest BCUT2D eigenvalue weighted by Gasteiger charge is -2.00. The Balaban J connectivity index is 3.23. The molecule has 1 unspecified atom stereocenters. The minimum Gasteiger partial charge on any atom is -0.399 e. The largest absolute Gasteiger partial charge is 0.399 e. The molecule has 1 aromatic carbocycles. The van der Waals surface area contributed by atoms with Crippen LogP contribution in [0.1, 0.15) is 0 Å². The van der Waals surface area contributed by atoms with Crippen molar-refractivity contribution in [3.05, 3.63) is 24.3 Å². The van der Waals surface area contributed by atoms with Gasteiger partial charge in [0.05, 0.1) is 9.52 Å². The Kier molecular flexibility index (Phi) is 2.19. The Morgan fingerprint density at radius 3 is 2.25 bits per heavy atom. The lowest BCUT2D eigenvalue weighted by atomic mass is 10.3. The number of nitrogens with two attached hydrogens (primary N) is 1. The van der Waals surface area contributed by atoms with Gasteiger partial charge in [0.15, 0.2) is 0 Å². The highest BCUT2D eigenvalue weighted by molar-refractivity contribution is 8.12. The van der Waals surface area contributed by atoms with E-state index in [4.69, 9.17) is 5.73 Å². The Labute approximate surface area is 71.2 Å². The molecule has 0 aliphatic carbocycles. The van der Waals surface area contributed by atoms with Crippen LogP contribution in [0.4, 0.5) is 5.69 Å². The molecule has 4 heteroatoms.